The first-order valence-corrected chi connectivity index (χ1v) is 12.2. The van der Waals surface area contributed by atoms with Gasteiger partial charge in [-0.15, -0.1) is 0 Å². The smallest absolute Gasteiger partial charge is 0.340 e. The highest BCUT2D eigenvalue weighted by Crippen LogP contribution is 2.46. The van der Waals surface area contributed by atoms with Crippen molar-refractivity contribution in [3.63, 3.8) is 0 Å². The van der Waals surface area contributed by atoms with Crippen LogP contribution < -0.4 is 0 Å². The van der Waals surface area contributed by atoms with Crippen molar-refractivity contribution in [2.45, 2.75) is 50.6 Å². The minimum absolute atomic E-state index is 0.198. The third-order valence-corrected chi connectivity index (χ3v) is 6.65. The van der Waals surface area contributed by atoms with Gasteiger partial charge in [-0.25, -0.2) is 15.0 Å². The number of aryl methyl sites for hydroxylation is 1. The molecule has 0 amide bonds. The maximum absolute atomic E-state index is 12.9. The highest BCUT2D eigenvalue weighted by Gasteiger charge is 2.34. The van der Waals surface area contributed by atoms with E-state index >= 15 is 0 Å². The van der Waals surface area contributed by atoms with Gasteiger partial charge in [0.15, 0.2) is 5.15 Å². The van der Waals surface area contributed by atoms with E-state index in [1.54, 1.807) is 18.3 Å². The molecule has 0 spiro atoms. The first-order valence-electron chi connectivity index (χ1n) is 11.5. The van der Waals surface area contributed by atoms with E-state index in [1.807, 2.05) is 12.1 Å². The highest BCUT2D eigenvalue weighted by atomic mass is 35.5. The van der Waals surface area contributed by atoms with Gasteiger partial charge in [-0.3, -0.25) is 0 Å². The van der Waals surface area contributed by atoms with Crippen molar-refractivity contribution in [2.24, 2.45) is 5.92 Å². The molecule has 3 aromatic rings. The molecule has 0 aliphatic heterocycles. The lowest BCUT2D eigenvalue weighted by molar-refractivity contribution is -0.141. The number of halogens is 5. The molecule has 1 fully saturated rings. The normalized spacial score (nSPS) is 15.3. The van der Waals surface area contributed by atoms with Gasteiger partial charge in [-0.1, -0.05) is 53.6 Å². The van der Waals surface area contributed by atoms with Crippen molar-refractivity contribution < 1.29 is 13.2 Å². The second kappa shape index (κ2) is 11.0. The molecule has 1 saturated carbocycles. The molecule has 0 saturated heterocycles. The standard InChI is InChI=1S/C26H25Cl2F3N4/c1-2-16(5-3-6-19-7-4-8-21(33-19)26(29,30)31)9-13-20(17-10-11-17)23-24(28)35-25(34-23)18-12-14-22(27)32-15-18/h2,4,7-9,12,14-15,17,20H,1,3,5-6,10-11,13H2,(H,34,35)/b16-9+. The summed E-state index contributed by atoms with van der Waals surface area (Å²) >= 11 is 12.4. The van der Waals surface area contributed by atoms with Gasteiger partial charge in [-0.2, -0.15) is 13.2 Å². The van der Waals surface area contributed by atoms with E-state index in [0.717, 1.165) is 42.2 Å². The van der Waals surface area contributed by atoms with Crippen molar-refractivity contribution >= 4 is 23.2 Å². The molecule has 1 aliphatic rings. The average molecular weight is 521 g/mol. The maximum atomic E-state index is 12.9. The molecule has 1 aliphatic carbocycles. The fourth-order valence-electron chi connectivity index (χ4n) is 4.12. The minimum Gasteiger partial charge on any atom is -0.340 e. The van der Waals surface area contributed by atoms with Crippen molar-refractivity contribution in [3.05, 3.63) is 88.2 Å². The van der Waals surface area contributed by atoms with Gasteiger partial charge in [0.1, 0.15) is 16.7 Å². The molecule has 4 nitrogen and oxygen atoms in total. The SMILES string of the molecule is C=C/C(=C\CC(c1[nH]c(-c2ccc(Cl)nc2)nc1Cl)C1CC1)CCCc1cccc(C(F)(F)F)n1. The summed E-state index contributed by atoms with van der Waals surface area (Å²) in [6, 6.07) is 7.57. The molecule has 0 radical (unpaired) electrons. The fraction of sp³-hybridized carbons (Fsp3) is 0.346. The summed E-state index contributed by atoms with van der Waals surface area (Å²) in [5, 5.41) is 0.865. The maximum Gasteiger partial charge on any atom is 0.433 e. The number of allylic oxidation sites excluding steroid dienone is 3. The summed E-state index contributed by atoms with van der Waals surface area (Å²) in [6.45, 7) is 3.92. The van der Waals surface area contributed by atoms with E-state index in [9.17, 15) is 13.2 Å². The first-order chi connectivity index (χ1) is 16.7. The fourth-order valence-corrected chi connectivity index (χ4v) is 4.51. The summed E-state index contributed by atoms with van der Waals surface area (Å²) in [4.78, 5) is 15.7. The van der Waals surface area contributed by atoms with Crippen LogP contribution in [-0.2, 0) is 12.6 Å². The number of rotatable bonds is 10. The Hall–Kier alpha value is -2.64. The van der Waals surface area contributed by atoms with Crippen molar-refractivity contribution in [3.8, 4) is 11.4 Å². The van der Waals surface area contributed by atoms with Gasteiger partial charge in [0, 0.05) is 23.4 Å². The Morgan fingerprint density at radius 2 is 1.97 bits per heavy atom. The number of nitrogens with one attached hydrogen (secondary N) is 1. The molecule has 3 aromatic heterocycles. The second-order valence-corrected chi connectivity index (χ2v) is 9.43. The number of nitrogens with zero attached hydrogens (tertiary/aromatic N) is 3. The lowest BCUT2D eigenvalue weighted by atomic mass is 9.94. The van der Waals surface area contributed by atoms with Crippen LogP contribution in [0.15, 0.2) is 60.8 Å². The van der Waals surface area contributed by atoms with Crippen LogP contribution in [0.25, 0.3) is 11.4 Å². The number of alkyl halides is 3. The molecule has 184 valence electrons. The number of hydrogen-bond acceptors (Lipinski definition) is 3. The third kappa shape index (κ3) is 6.73. The topological polar surface area (TPSA) is 54.5 Å². The van der Waals surface area contributed by atoms with E-state index in [1.165, 1.54) is 6.07 Å². The number of hydrogen-bond donors (Lipinski definition) is 1. The van der Waals surface area contributed by atoms with Crippen LogP contribution in [0.1, 0.15) is 55.1 Å². The first kappa shape index (κ1) is 25.5. The van der Waals surface area contributed by atoms with Crippen molar-refractivity contribution in [1.29, 1.82) is 0 Å². The molecule has 1 N–H and O–H groups in total. The van der Waals surface area contributed by atoms with Gasteiger partial charge in [-0.05, 0) is 68.7 Å². The largest absolute Gasteiger partial charge is 0.433 e. The molecule has 0 aromatic carbocycles. The molecule has 35 heavy (non-hydrogen) atoms. The number of imidazole rings is 1. The van der Waals surface area contributed by atoms with Crippen molar-refractivity contribution in [1.82, 2.24) is 19.9 Å². The molecular formula is C26H25Cl2F3N4. The molecule has 9 heteroatoms. The van der Waals surface area contributed by atoms with E-state index in [2.05, 4.69) is 32.6 Å². The number of aromatic amines is 1. The molecule has 3 heterocycles. The lowest BCUT2D eigenvalue weighted by Crippen LogP contribution is -2.09. The Morgan fingerprint density at radius 3 is 2.63 bits per heavy atom. The Morgan fingerprint density at radius 1 is 1.17 bits per heavy atom. The van der Waals surface area contributed by atoms with Gasteiger partial charge in [0.2, 0.25) is 0 Å². The Labute approximate surface area is 212 Å². The highest BCUT2D eigenvalue weighted by molar-refractivity contribution is 6.30. The average Bonchev–Trinajstić information content (AvgIpc) is 3.60. The van der Waals surface area contributed by atoms with E-state index in [0.29, 0.717) is 47.0 Å². The number of pyridine rings is 2. The second-order valence-electron chi connectivity index (χ2n) is 8.69. The lowest BCUT2D eigenvalue weighted by Gasteiger charge is -2.14. The Balaban J connectivity index is 1.41. The van der Waals surface area contributed by atoms with Crippen LogP contribution in [0.4, 0.5) is 13.2 Å². The summed E-state index contributed by atoms with van der Waals surface area (Å²) in [5.74, 6) is 1.38. The number of H-pyrrole nitrogens is 1. The Kier molecular flexibility index (Phi) is 7.97. The molecular weight excluding hydrogens is 496 g/mol. The molecule has 1 unspecified atom stereocenters. The number of aromatic nitrogens is 4. The zero-order chi connectivity index (χ0) is 25.0. The van der Waals surface area contributed by atoms with Gasteiger partial charge in [0.05, 0.1) is 5.69 Å². The quantitative estimate of drug-likeness (QED) is 0.216. The third-order valence-electron chi connectivity index (χ3n) is 6.14. The zero-order valence-corrected chi connectivity index (χ0v) is 20.5. The molecule has 1 atom stereocenters. The van der Waals surface area contributed by atoms with Crippen LogP contribution in [0.3, 0.4) is 0 Å². The molecule has 0 bridgehead atoms. The van der Waals surface area contributed by atoms with Crippen LogP contribution in [0, 0.1) is 5.92 Å². The van der Waals surface area contributed by atoms with Crippen molar-refractivity contribution in [2.75, 3.05) is 0 Å². The zero-order valence-electron chi connectivity index (χ0n) is 19.0. The predicted molar refractivity (Wildman–Crippen MR) is 132 cm³/mol. The summed E-state index contributed by atoms with van der Waals surface area (Å²) in [6.07, 6.45) is 6.07. The summed E-state index contributed by atoms with van der Waals surface area (Å²) in [7, 11) is 0. The van der Waals surface area contributed by atoms with Gasteiger partial charge >= 0.3 is 6.18 Å². The minimum atomic E-state index is -4.43. The summed E-state index contributed by atoms with van der Waals surface area (Å²) < 4.78 is 38.7. The van der Waals surface area contributed by atoms with Gasteiger partial charge < -0.3 is 4.98 Å². The Bertz CT molecular complexity index is 1200. The van der Waals surface area contributed by atoms with Crippen LogP contribution >= 0.6 is 23.2 Å². The van der Waals surface area contributed by atoms with E-state index < -0.39 is 11.9 Å². The van der Waals surface area contributed by atoms with Crippen LogP contribution in [0.5, 0.6) is 0 Å². The van der Waals surface area contributed by atoms with Crippen LogP contribution in [0.2, 0.25) is 10.3 Å². The molecule has 4 rings (SSSR count). The summed E-state index contributed by atoms with van der Waals surface area (Å²) in [5.41, 5.74) is 2.36. The van der Waals surface area contributed by atoms with E-state index in [-0.39, 0.29) is 5.92 Å². The van der Waals surface area contributed by atoms with Gasteiger partial charge in [0.25, 0.3) is 0 Å². The predicted octanol–water partition coefficient (Wildman–Crippen LogP) is 8.21. The van der Waals surface area contributed by atoms with E-state index in [4.69, 9.17) is 23.2 Å². The monoisotopic (exact) mass is 520 g/mol. The van der Waals surface area contributed by atoms with Crippen LogP contribution in [-0.4, -0.2) is 19.9 Å².